The van der Waals surface area contributed by atoms with Crippen LogP contribution in [0.1, 0.15) is 24.2 Å². The predicted molar refractivity (Wildman–Crippen MR) is 78.7 cm³/mol. The molecule has 7 heteroatoms. The average Bonchev–Trinajstić information content (AvgIpc) is 2.81. The van der Waals surface area contributed by atoms with Crippen molar-refractivity contribution in [2.45, 2.75) is 19.9 Å². The third-order valence-corrected chi connectivity index (χ3v) is 3.37. The molecule has 0 saturated heterocycles. The van der Waals surface area contributed by atoms with E-state index in [9.17, 15) is 13.6 Å². The number of nitrogens with one attached hydrogen (secondary N) is 2. The van der Waals surface area contributed by atoms with Crippen molar-refractivity contribution in [2.24, 2.45) is 0 Å². The summed E-state index contributed by atoms with van der Waals surface area (Å²) in [6.45, 7) is 3.80. The van der Waals surface area contributed by atoms with Crippen LogP contribution in [0.25, 0.3) is 5.69 Å². The summed E-state index contributed by atoms with van der Waals surface area (Å²) in [4.78, 5) is 11.6. The molecule has 1 amide bonds. The van der Waals surface area contributed by atoms with Crippen molar-refractivity contribution in [3.05, 3.63) is 47.3 Å². The standard InChI is InChI=1S/C15H18F2N4O/c1-9(20-15(22)8-18-3)12-7-19-21(10(12)2)14-5-4-11(16)6-13(14)17/h4-7,9,18H,8H2,1-3H3,(H,20,22)/t9-/m0/s1. The van der Waals surface area contributed by atoms with Gasteiger partial charge in [0.05, 0.1) is 18.8 Å². The van der Waals surface area contributed by atoms with Crippen LogP contribution in [-0.2, 0) is 4.79 Å². The van der Waals surface area contributed by atoms with E-state index in [1.807, 2.05) is 6.92 Å². The fraction of sp³-hybridized carbons (Fsp3) is 0.333. The topological polar surface area (TPSA) is 59.0 Å². The molecule has 5 nitrogen and oxygen atoms in total. The molecule has 0 aliphatic rings. The first kappa shape index (κ1) is 16.1. The Morgan fingerprint density at radius 1 is 1.41 bits per heavy atom. The van der Waals surface area contributed by atoms with E-state index in [4.69, 9.17) is 0 Å². The van der Waals surface area contributed by atoms with Gasteiger partial charge in [-0.25, -0.2) is 13.5 Å². The van der Waals surface area contributed by atoms with Crippen LogP contribution in [0.3, 0.4) is 0 Å². The van der Waals surface area contributed by atoms with Gasteiger partial charge in [-0.1, -0.05) is 0 Å². The molecule has 1 aromatic heterocycles. The Hall–Kier alpha value is -2.28. The van der Waals surface area contributed by atoms with Crippen LogP contribution in [-0.4, -0.2) is 29.3 Å². The van der Waals surface area contributed by atoms with Gasteiger partial charge >= 0.3 is 0 Å². The van der Waals surface area contributed by atoms with Gasteiger partial charge in [0.1, 0.15) is 11.5 Å². The summed E-state index contributed by atoms with van der Waals surface area (Å²) < 4.78 is 28.2. The average molecular weight is 308 g/mol. The summed E-state index contributed by atoms with van der Waals surface area (Å²) in [6, 6.07) is 3.06. The maximum Gasteiger partial charge on any atom is 0.234 e. The number of aromatic nitrogens is 2. The second-order valence-electron chi connectivity index (χ2n) is 5.01. The van der Waals surface area contributed by atoms with E-state index >= 15 is 0 Å². The van der Waals surface area contributed by atoms with Crippen LogP contribution in [0.15, 0.2) is 24.4 Å². The fourth-order valence-electron chi connectivity index (χ4n) is 2.27. The van der Waals surface area contributed by atoms with Gasteiger partial charge < -0.3 is 10.6 Å². The van der Waals surface area contributed by atoms with Crippen LogP contribution in [0.2, 0.25) is 0 Å². The molecule has 2 aromatic rings. The van der Waals surface area contributed by atoms with E-state index in [2.05, 4.69) is 15.7 Å². The zero-order valence-electron chi connectivity index (χ0n) is 12.7. The summed E-state index contributed by atoms with van der Waals surface area (Å²) in [5, 5.41) is 9.72. The van der Waals surface area contributed by atoms with Gasteiger partial charge in [-0.3, -0.25) is 4.79 Å². The Bertz CT molecular complexity index is 684. The summed E-state index contributed by atoms with van der Waals surface area (Å²) in [6.07, 6.45) is 1.57. The summed E-state index contributed by atoms with van der Waals surface area (Å²) in [5.74, 6) is -1.47. The van der Waals surface area contributed by atoms with Gasteiger partial charge in [0.15, 0.2) is 5.82 Å². The molecule has 2 N–H and O–H groups in total. The van der Waals surface area contributed by atoms with Gasteiger partial charge in [0.25, 0.3) is 0 Å². The molecule has 0 saturated carbocycles. The Kier molecular flexibility index (Phi) is 4.87. The molecule has 22 heavy (non-hydrogen) atoms. The number of likely N-dealkylation sites (N-methyl/N-ethyl adjacent to an activating group) is 1. The van der Waals surface area contributed by atoms with Crippen LogP contribution in [0.4, 0.5) is 8.78 Å². The lowest BCUT2D eigenvalue weighted by Crippen LogP contribution is -2.34. The maximum absolute atomic E-state index is 13.9. The number of hydrogen-bond donors (Lipinski definition) is 2. The highest BCUT2D eigenvalue weighted by Crippen LogP contribution is 2.22. The number of carbonyl (C=O) groups is 1. The normalized spacial score (nSPS) is 12.2. The van der Waals surface area contributed by atoms with Crippen LogP contribution in [0, 0.1) is 18.6 Å². The second-order valence-corrected chi connectivity index (χ2v) is 5.01. The zero-order valence-corrected chi connectivity index (χ0v) is 12.7. The summed E-state index contributed by atoms with van der Waals surface area (Å²) in [5.41, 5.74) is 1.62. The summed E-state index contributed by atoms with van der Waals surface area (Å²) >= 11 is 0. The number of carbonyl (C=O) groups excluding carboxylic acids is 1. The lowest BCUT2D eigenvalue weighted by molar-refractivity contribution is -0.120. The minimum absolute atomic E-state index is 0.143. The Morgan fingerprint density at radius 3 is 2.77 bits per heavy atom. The van der Waals surface area contributed by atoms with E-state index in [0.29, 0.717) is 5.69 Å². The lowest BCUT2D eigenvalue weighted by atomic mass is 10.1. The second kappa shape index (κ2) is 6.65. The molecule has 118 valence electrons. The third-order valence-electron chi connectivity index (χ3n) is 3.37. The molecule has 2 rings (SSSR count). The number of amides is 1. The van der Waals surface area contributed by atoms with Crippen molar-refractivity contribution in [3.63, 3.8) is 0 Å². The van der Waals surface area contributed by atoms with E-state index in [-0.39, 0.29) is 24.2 Å². The molecule has 1 aromatic carbocycles. The molecule has 0 fully saturated rings. The molecule has 0 aliphatic carbocycles. The minimum atomic E-state index is -0.690. The monoisotopic (exact) mass is 308 g/mol. The van der Waals surface area contributed by atoms with Crippen LogP contribution >= 0.6 is 0 Å². The van der Waals surface area contributed by atoms with Gasteiger partial charge in [0.2, 0.25) is 5.91 Å². The molecule has 1 atom stereocenters. The predicted octanol–water partition coefficient (Wildman–Crippen LogP) is 1.86. The first-order valence-corrected chi connectivity index (χ1v) is 6.88. The van der Waals surface area contributed by atoms with Crippen molar-refractivity contribution < 1.29 is 13.6 Å². The van der Waals surface area contributed by atoms with Crippen molar-refractivity contribution in [1.29, 1.82) is 0 Å². The SMILES string of the molecule is CNCC(=O)N[C@@H](C)c1cnn(-c2ccc(F)cc2F)c1C. The first-order valence-electron chi connectivity index (χ1n) is 6.88. The number of halogens is 2. The van der Waals surface area contributed by atoms with Crippen molar-refractivity contribution in [3.8, 4) is 5.69 Å². The zero-order chi connectivity index (χ0) is 16.3. The molecule has 0 aliphatic heterocycles. The molecule has 0 unspecified atom stereocenters. The molecular weight excluding hydrogens is 290 g/mol. The van der Waals surface area contributed by atoms with Crippen molar-refractivity contribution in [2.75, 3.05) is 13.6 Å². The third kappa shape index (κ3) is 3.30. The largest absolute Gasteiger partial charge is 0.348 e. The number of nitrogens with zero attached hydrogens (tertiary/aromatic N) is 2. The highest BCUT2D eigenvalue weighted by Gasteiger charge is 2.17. The van der Waals surface area contributed by atoms with Gasteiger partial charge in [-0.2, -0.15) is 5.10 Å². The van der Waals surface area contributed by atoms with Crippen LogP contribution < -0.4 is 10.6 Å². The minimum Gasteiger partial charge on any atom is -0.348 e. The quantitative estimate of drug-likeness (QED) is 0.886. The highest BCUT2D eigenvalue weighted by molar-refractivity contribution is 5.78. The first-order chi connectivity index (χ1) is 10.4. The number of benzene rings is 1. The van der Waals surface area contributed by atoms with Gasteiger partial charge in [-0.05, 0) is 33.0 Å². The van der Waals surface area contributed by atoms with E-state index in [1.165, 1.54) is 16.8 Å². The van der Waals surface area contributed by atoms with Crippen LogP contribution in [0.5, 0.6) is 0 Å². The van der Waals surface area contributed by atoms with E-state index in [1.54, 1.807) is 20.2 Å². The van der Waals surface area contributed by atoms with Crippen molar-refractivity contribution in [1.82, 2.24) is 20.4 Å². The lowest BCUT2D eigenvalue weighted by Gasteiger charge is -2.14. The molecule has 0 spiro atoms. The van der Waals surface area contributed by atoms with Gasteiger partial charge in [0, 0.05) is 17.3 Å². The number of hydrogen-bond acceptors (Lipinski definition) is 3. The van der Waals surface area contributed by atoms with Crippen molar-refractivity contribution >= 4 is 5.91 Å². The maximum atomic E-state index is 13.9. The molecule has 0 bridgehead atoms. The molecule has 0 radical (unpaired) electrons. The Balaban J connectivity index is 2.27. The van der Waals surface area contributed by atoms with E-state index in [0.717, 1.165) is 11.6 Å². The Labute approximate surface area is 127 Å². The smallest absolute Gasteiger partial charge is 0.234 e. The molecular formula is C15H18F2N4O. The number of rotatable bonds is 5. The summed E-state index contributed by atoms with van der Waals surface area (Å²) in [7, 11) is 1.69. The van der Waals surface area contributed by atoms with Gasteiger partial charge in [-0.15, -0.1) is 0 Å². The highest BCUT2D eigenvalue weighted by atomic mass is 19.1. The fourth-order valence-corrected chi connectivity index (χ4v) is 2.27. The Morgan fingerprint density at radius 2 is 2.14 bits per heavy atom. The van der Waals surface area contributed by atoms with E-state index < -0.39 is 11.6 Å². The molecule has 1 heterocycles.